The van der Waals surface area contributed by atoms with Gasteiger partial charge in [-0.15, -0.1) is 0 Å². The van der Waals surface area contributed by atoms with Gasteiger partial charge in [-0.05, 0) is 6.92 Å². The van der Waals surface area contributed by atoms with Crippen molar-refractivity contribution in [3.05, 3.63) is 0 Å². The zero-order valence-corrected chi connectivity index (χ0v) is 8.50. The Labute approximate surface area is 82.8 Å². The Hall–Kier alpha value is -0.500. The summed E-state index contributed by atoms with van der Waals surface area (Å²) in [4.78, 5) is 10.2. The van der Waals surface area contributed by atoms with Gasteiger partial charge in [0.25, 0.3) is 0 Å². The predicted molar refractivity (Wildman–Crippen MR) is 43.3 cm³/mol. The van der Waals surface area contributed by atoms with Gasteiger partial charge in [0.05, 0.1) is 5.25 Å². The summed E-state index contributed by atoms with van der Waals surface area (Å²) in [6.07, 6.45) is -5.02. The summed E-state index contributed by atoms with van der Waals surface area (Å²) in [5.74, 6) is -2.19. The Bertz CT molecular complexity index is 313. The molecule has 1 unspecified atom stereocenters. The van der Waals surface area contributed by atoms with E-state index in [1.807, 2.05) is 0 Å². The van der Waals surface area contributed by atoms with E-state index in [-0.39, 0.29) is 0 Å². The van der Waals surface area contributed by atoms with Gasteiger partial charge in [0, 0.05) is 17.2 Å². The molecule has 84 valence electrons. The largest absolute Gasteiger partial charge is 0.471 e. The number of carbonyl (C=O) groups is 1. The van der Waals surface area contributed by atoms with Crippen LogP contribution in [0, 0.1) is 0 Å². The molecular formula is C5H7ClF3NO3S. The minimum absolute atomic E-state index is 0.676. The molecular weight excluding hydrogens is 247 g/mol. The highest BCUT2D eigenvalue weighted by atomic mass is 35.7. The molecule has 0 aromatic heterocycles. The van der Waals surface area contributed by atoms with Crippen LogP contribution in [0.2, 0.25) is 0 Å². The standard InChI is InChI=1S/C5H7ClF3NO3S/c1-3(14(6,12)13)2-10-4(11)5(7,8)9/h3H,2H2,1H3,(H,10,11). The summed E-state index contributed by atoms with van der Waals surface area (Å²) in [7, 11) is 0.867. The lowest BCUT2D eigenvalue weighted by molar-refractivity contribution is -0.173. The molecule has 0 aliphatic heterocycles. The Morgan fingerprint density at radius 3 is 2.21 bits per heavy atom. The van der Waals surface area contributed by atoms with E-state index in [0.29, 0.717) is 0 Å². The van der Waals surface area contributed by atoms with E-state index >= 15 is 0 Å². The number of hydrogen-bond donors (Lipinski definition) is 1. The van der Waals surface area contributed by atoms with Crippen LogP contribution in [0.4, 0.5) is 13.2 Å². The zero-order valence-electron chi connectivity index (χ0n) is 6.93. The molecule has 0 aliphatic rings. The number of nitrogens with one attached hydrogen (secondary N) is 1. The van der Waals surface area contributed by atoms with Crippen LogP contribution in [0.5, 0.6) is 0 Å². The van der Waals surface area contributed by atoms with Crippen LogP contribution in [0.1, 0.15) is 6.92 Å². The molecule has 0 saturated carbocycles. The highest BCUT2D eigenvalue weighted by molar-refractivity contribution is 8.14. The fourth-order valence-electron chi connectivity index (χ4n) is 0.436. The van der Waals surface area contributed by atoms with Crippen LogP contribution >= 0.6 is 10.7 Å². The third kappa shape index (κ3) is 4.66. The second-order valence-corrected chi connectivity index (χ2v) is 5.54. The lowest BCUT2D eigenvalue weighted by Crippen LogP contribution is -2.41. The second kappa shape index (κ2) is 4.35. The highest BCUT2D eigenvalue weighted by Gasteiger charge is 2.38. The van der Waals surface area contributed by atoms with E-state index in [0.717, 1.165) is 6.92 Å². The van der Waals surface area contributed by atoms with Gasteiger partial charge in [0.1, 0.15) is 0 Å². The molecule has 1 N–H and O–H groups in total. The minimum atomic E-state index is -5.02. The molecule has 0 rings (SSSR count). The van der Waals surface area contributed by atoms with Crippen LogP contribution < -0.4 is 5.32 Å². The fraction of sp³-hybridized carbons (Fsp3) is 0.800. The Balaban J connectivity index is 4.16. The Morgan fingerprint density at radius 2 is 1.93 bits per heavy atom. The summed E-state index contributed by atoms with van der Waals surface area (Å²) >= 11 is 0. The lowest BCUT2D eigenvalue weighted by Gasteiger charge is -2.10. The number of halogens is 4. The molecule has 9 heteroatoms. The van der Waals surface area contributed by atoms with Crippen molar-refractivity contribution in [3.8, 4) is 0 Å². The lowest BCUT2D eigenvalue weighted by atomic mass is 10.4. The number of carbonyl (C=O) groups excluding carboxylic acids is 1. The topological polar surface area (TPSA) is 63.2 Å². The first-order valence-corrected chi connectivity index (χ1v) is 5.71. The van der Waals surface area contributed by atoms with Crippen molar-refractivity contribution in [2.45, 2.75) is 18.3 Å². The van der Waals surface area contributed by atoms with E-state index in [1.165, 1.54) is 5.32 Å². The molecule has 14 heavy (non-hydrogen) atoms. The van der Waals surface area contributed by atoms with Gasteiger partial charge in [-0.3, -0.25) is 4.79 Å². The molecule has 0 bridgehead atoms. The first-order chi connectivity index (χ1) is 6.05. The van der Waals surface area contributed by atoms with Gasteiger partial charge in [-0.25, -0.2) is 8.42 Å². The van der Waals surface area contributed by atoms with Crippen molar-refractivity contribution in [1.29, 1.82) is 0 Å². The number of hydrogen-bond acceptors (Lipinski definition) is 3. The van der Waals surface area contributed by atoms with Crippen molar-refractivity contribution >= 4 is 25.6 Å². The van der Waals surface area contributed by atoms with Crippen molar-refractivity contribution in [2.75, 3.05) is 6.54 Å². The molecule has 0 aromatic rings. The van der Waals surface area contributed by atoms with E-state index < -0.39 is 32.9 Å². The van der Waals surface area contributed by atoms with Crippen LogP contribution in [-0.4, -0.2) is 32.3 Å². The third-order valence-corrected chi connectivity index (χ3v) is 3.33. The SMILES string of the molecule is CC(CNC(=O)C(F)(F)F)S(=O)(=O)Cl. The molecule has 0 aromatic carbocycles. The van der Waals surface area contributed by atoms with Gasteiger partial charge in [-0.1, -0.05) is 0 Å². The van der Waals surface area contributed by atoms with Gasteiger partial charge < -0.3 is 5.32 Å². The monoisotopic (exact) mass is 253 g/mol. The number of rotatable bonds is 3. The molecule has 0 heterocycles. The maximum atomic E-state index is 11.6. The first kappa shape index (κ1) is 13.5. The quantitative estimate of drug-likeness (QED) is 0.750. The second-order valence-electron chi connectivity index (χ2n) is 2.49. The molecule has 0 aliphatic carbocycles. The smallest absolute Gasteiger partial charge is 0.347 e. The first-order valence-electron chi connectivity index (χ1n) is 3.33. The molecule has 0 radical (unpaired) electrons. The van der Waals surface area contributed by atoms with Gasteiger partial charge in [-0.2, -0.15) is 13.2 Å². The van der Waals surface area contributed by atoms with Gasteiger partial charge in [0.2, 0.25) is 9.05 Å². The molecule has 4 nitrogen and oxygen atoms in total. The minimum Gasteiger partial charge on any atom is -0.347 e. The van der Waals surface area contributed by atoms with Crippen molar-refractivity contribution in [1.82, 2.24) is 5.32 Å². The normalized spacial score (nSPS) is 14.9. The van der Waals surface area contributed by atoms with Crippen LogP contribution in [-0.2, 0) is 13.8 Å². The van der Waals surface area contributed by atoms with Crippen molar-refractivity contribution in [2.24, 2.45) is 0 Å². The van der Waals surface area contributed by atoms with E-state index in [4.69, 9.17) is 10.7 Å². The number of alkyl halides is 3. The summed E-state index contributed by atoms with van der Waals surface area (Å²) in [6.45, 7) is 0.406. The van der Waals surface area contributed by atoms with Gasteiger partial charge in [0.15, 0.2) is 0 Å². The maximum Gasteiger partial charge on any atom is 0.471 e. The zero-order chi connectivity index (χ0) is 11.6. The average molecular weight is 254 g/mol. The third-order valence-electron chi connectivity index (χ3n) is 1.29. The summed E-state index contributed by atoms with van der Waals surface area (Å²) < 4.78 is 55.9. The fourth-order valence-corrected chi connectivity index (χ4v) is 0.908. The Morgan fingerprint density at radius 1 is 1.50 bits per heavy atom. The van der Waals surface area contributed by atoms with E-state index in [2.05, 4.69) is 0 Å². The molecule has 0 spiro atoms. The Kier molecular flexibility index (Phi) is 4.19. The summed E-state index contributed by atoms with van der Waals surface area (Å²) in [5, 5.41) is 0.133. The molecule has 1 atom stereocenters. The summed E-state index contributed by atoms with van der Waals surface area (Å²) in [6, 6.07) is 0. The van der Waals surface area contributed by atoms with E-state index in [9.17, 15) is 26.4 Å². The van der Waals surface area contributed by atoms with Crippen LogP contribution in [0.25, 0.3) is 0 Å². The summed E-state index contributed by atoms with van der Waals surface area (Å²) in [5.41, 5.74) is 0. The average Bonchev–Trinajstić information content (AvgIpc) is 1.95. The van der Waals surface area contributed by atoms with E-state index in [1.54, 1.807) is 0 Å². The molecule has 0 fully saturated rings. The van der Waals surface area contributed by atoms with Crippen molar-refractivity contribution in [3.63, 3.8) is 0 Å². The predicted octanol–water partition coefficient (Wildman–Crippen LogP) is 0.622. The van der Waals surface area contributed by atoms with Crippen LogP contribution in [0.15, 0.2) is 0 Å². The van der Waals surface area contributed by atoms with Gasteiger partial charge >= 0.3 is 12.1 Å². The van der Waals surface area contributed by atoms with Crippen molar-refractivity contribution < 1.29 is 26.4 Å². The van der Waals surface area contributed by atoms with Crippen LogP contribution in [0.3, 0.4) is 0 Å². The molecule has 1 amide bonds. The number of amides is 1. The molecule has 0 saturated heterocycles. The highest BCUT2D eigenvalue weighted by Crippen LogP contribution is 2.14. The maximum absolute atomic E-state index is 11.6.